The molecular weight excluding hydrogens is 270 g/mol. The molecule has 112 valence electrons. The highest BCUT2D eigenvalue weighted by atomic mass is 28.4. The topological polar surface area (TPSA) is 30.9 Å². The van der Waals surface area contributed by atoms with Crippen molar-refractivity contribution in [3.05, 3.63) is 30.3 Å². The quantitative estimate of drug-likeness (QED) is 0.799. The minimum absolute atomic E-state index is 0.0668. The Kier molecular flexibility index (Phi) is 5.60. The van der Waals surface area contributed by atoms with Crippen LogP contribution < -0.4 is 4.90 Å². The van der Waals surface area contributed by atoms with E-state index >= 15 is 0 Å². The molecule has 1 aliphatic heterocycles. The first-order chi connectivity index (χ1) is 9.63. The van der Waals surface area contributed by atoms with Crippen LogP contribution in [0.2, 0.25) is 12.6 Å². The minimum Gasteiger partial charge on any atom is -0.398 e. The van der Waals surface area contributed by atoms with Gasteiger partial charge < -0.3 is 18.5 Å². The van der Waals surface area contributed by atoms with Gasteiger partial charge in [-0.2, -0.15) is 0 Å². The second-order valence-electron chi connectivity index (χ2n) is 5.47. The number of ether oxygens (including phenoxy) is 1. The van der Waals surface area contributed by atoms with Crippen molar-refractivity contribution in [2.24, 2.45) is 0 Å². The predicted octanol–water partition coefficient (Wildman–Crippen LogP) is 2.65. The first kappa shape index (κ1) is 15.5. The summed E-state index contributed by atoms with van der Waals surface area (Å²) in [6.45, 7) is 4.41. The molecule has 0 saturated carbocycles. The van der Waals surface area contributed by atoms with Crippen molar-refractivity contribution in [2.75, 3.05) is 38.8 Å². The van der Waals surface area contributed by atoms with Gasteiger partial charge >= 0.3 is 8.56 Å². The van der Waals surface area contributed by atoms with Gasteiger partial charge in [0.15, 0.2) is 0 Å². The molecule has 0 N–H and O–H groups in total. The Morgan fingerprint density at radius 2 is 2.10 bits per heavy atom. The average molecular weight is 295 g/mol. The molecule has 4 nitrogen and oxygen atoms in total. The Hall–Kier alpha value is -0.883. The highest BCUT2D eigenvalue weighted by molar-refractivity contribution is 6.66. The third-order valence-electron chi connectivity index (χ3n) is 3.75. The maximum absolute atomic E-state index is 6.27. The fourth-order valence-electron chi connectivity index (χ4n) is 2.49. The van der Waals surface area contributed by atoms with Gasteiger partial charge in [0, 0.05) is 33.0 Å². The minimum atomic E-state index is -2.03. The van der Waals surface area contributed by atoms with Crippen molar-refractivity contribution in [3.8, 4) is 0 Å². The van der Waals surface area contributed by atoms with E-state index in [2.05, 4.69) is 42.8 Å². The van der Waals surface area contributed by atoms with Gasteiger partial charge in [-0.25, -0.2) is 0 Å². The van der Waals surface area contributed by atoms with E-state index in [1.54, 1.807) is 7.11 Å². The molecule has 1 aliphatic rings. The van der Waals surface area contributed by atoms with Crippen molar-refractivity contribution in [1.82, 2.24) is 0 Å². The normalized spacial score (nSPS) is 27.6. The molecule has 0 aliphatic carbocycles. The molecule has 2 rings (SSSR count). The second kappa shape index (κ2) is 7.22. The van der Waals surface area contributed by atoms with Crippen LogP contribution in [0, 0.1) is 0 Å². The number of anilines is 1. The fourth-order valence-corrected chi connectivity index (χ4v) is 4.54. The summed E-state index contributed by atoms with van der Waals surface area (Å²) in [7, 11) is 1.83. The third kappa shape index (κ3) is 4.31. The lowest BCUT2D eigenvalue weighted by molar-refractivity contribution is 0.0213. The Balaban J connectivity index is 1.98. The largest absolute Gasteiger partial charge is 0.398 e. The Bertz CT molecular complexity index is 403. The lowest BCUT2D eigenvalue weighted by Gasteiger charge is -2.35. The number of rotatable bonds is 4. The van der Waals surface area contributed by atoms with Gasteiger partial charge in [0.2, 0.25) is 0 Å². The van der Waals surface area contributed by atoms with Crippen molar-refractivity contribution in [1.29, 1.82) is 0 Å². The van der Waals surface area contributed by atoms with Gasteiger partial charge in [-0.15, -0.1) is 0 Å². The zero-order valence-corrected chi connectivity index (χ0v) is 13.7. The number of hydrogen-bond donors (Lipinski definition) is 0. The molecule has 0 amide bonds. The van der Waals surface area contributed by atoms with Gasteiger partial charge in [0.25, 0.3) is 0 Å². The number of nitrogens with zero attached hydrogens (tertiary/aromatic N) is 1. The van der Waals surface area contributed by atoms with Crippen molar-refractivity contribution in [2.45, 2.75) is 25.1 Å². The molecule has 1 aromatic rings. The van der Waals surface area contributed by atoms with Crippen LogP contribution in [0.5, 0.6) is 0 Å². The maximum atomic E-state index is 6.27. The van der Waals surface area contributed by atoms with E-state index in [9.17, 15) is 0 Å². The standard InChI is InChI=1S/C15H25NO3Si/c1-16(14-8-5-4-6-9-14)12-15-13-18-10-7-11-20(3,17-2)19-15/h4-6,8-9,15H,7,10-13H2,1-3H3. The second-order valence-corrected chi connectivity index (χ2v) is 8.88. The van der Waals surface area contributed by atoms with E-state index in [-0.39, 0.29) is 6.10 Å². The SMILES string of the molecule is CO[Si]1(C)CCCOCC(CN(C)c2ccccc2)O1. The molecule has 20 heavy (non-hydrogen) atoms. The number of hydrogen-bond acceptors (Lipinski definition) is 4. The maximum Gasteiger partial charge on any atom is 0.335 e. The van der Waals surface area contributed by atoms with Gasteiger partial charge in [-0.1, -0.05) is 18.2 Å². The Morgan fingerprint density at radius 3 is 2.80 bits per heavy atom. The van der Waals surface area contributed by atoms with Gasteiger partial charge in [0.1, 0.15) is 0 Å². The van der Waals surface area contributed by atoms with E-state index in [1.165, 1.54) is 5.69 Å². The summed E-state index contributed by atoms with van der Waals surface area (Å²) < 4.78 is 17.6. The highest BCUT2D eigenvalue weighted by Gasteiger charge is 2.34. The summed E-state index contributed by atoms with van der Waals surface area (Å²) >= 11 is 0. The highest BCUT2D eigenvalue weighted by Crippen LogP contribution is 2.21. The number of para-hydroxylation sites is 1. The van der Waals surface area contributed by atoms with Gasteiger partial charge in [-0.05, 0) is 31.1 Å². The fraction of sp³-hybridized carbons (Fsp3) is 0.600. The molecular formula is C15H25NO3Si. The van der Waals surface area contributed by atoms with Crippen LogP contribution in [0.25, 0.3) is 0 Å². The molecule has 0 aromatic heterocycles. The number of benzene rings is 1. The monoisotopic (exact) mass is 295 g/mol. The van der Waals surface area contributed by atoms with Crippen molar-refractivity contribution < 1.29 is 13.6 Å². The molecule has 1 heterocycles. The van der Waals surface area contributed by atoms with E-state index in [0.717, 1.165) is 25.6 Å². The summed E-state index contributed by atoms with van der Waals surface area (Å²) in [6, 6.07) is 11.3. The van der Waals surface area contributed by atoms with Crippen LogP contribution in [-0.2, 0) is 13.6 Å². The van der Waals surface area contributed by atoms with E-state index in [0.29, 0.717) is 6.61 Å². The Labute approximate surface area is 122 Å². The lowest BCUT2D eigenvalue weighted by Crippen LogP contribution is -2.47. The van der Waals surface area contributed by atoms with E-state index in [1.807, 2.05) is 6.07 Å². The van der Waals surface area contributed by atoms with Crippen LogP contribution >= 0.6 is 0 Å². The summed E-state index contributed by atoms with van der Waals surface area (Å²) in [5.41, 5.74) is 1.19. The van der Waals surface area contributed by atoms with E-state index in [4.69, 9.17) is 13.6 Å². The molecule has 2 unspecified atom stereocenters. The predicted molar refractivity (Wildman–Crippen MR) is 83.5 cm³/mol. The summed E-state index contributed by atoms with van der Waals surface area (Å²) in [5, 5.41) is 0. The summed E-state index contributed by atoms with van der Waals surface area (Å²) in [4.78, 5) is 2.21. The number of likely N-dealkylation sites (N-methyl/N-ethyl adjacent to an activating group) is 1. The lowest BCUT2D eigenvalue weighted by atomic mass is 10.2. The molecule has 1 saturated heterocycles. The van der Waals surface area contributed by atoms with Gasteiger partial charge in [0.05, 0.1) is 12.7 Å². The smallest absolute Gasteiger partial charge is 0.335 e. The Morgan fingerprint density at radius 1 is 1.35 bits per heavy atom. The van der Waals surface area contributed by atoms with Crippen LogP contribution in [0.4, 0.5) is 5.69 Å². The molecule has 5 heteroatoms. The average Bonchev–Trinajstić information content (AvgIpc) is 2.45. The van der Waals surface area contributed by atoms with E-state index < -0.39 is 8.56 Å². The molecule has 1 fully saturated rings. The first-order valence-corrected chi connectivity index (χ1v) is 9.72. The van der Waals surface area contributed by atoms with Crippen LogP contribution in [-0.4, -0.2) is 48.6 Å². The molecule has 0 radical (unpaired) electrons. The zero-order valence-electron chi connectivity index (χ0n) is 12.7. The molecule has 0 spiro atoms. The van der Waals surface area contributed by atoms with Crippen LogP contribution in [0.1, 0.15) is 6.42 Å². The van der Waals surface area contributed by atoms with Gasteiger partial charge in [-0.3, -0.25) is 0 Å². The van der Waals surface area contributed by atoms with Crippen molar-refractivity contribution >= 4 is 14.2 Å². The van der Waals surface area contributed by atoms with Crippen LogP contribution in [0.3, 0.4) is 0 Å². The zero-order chi connectivity index (χ0) is 14.4. The molecule has 2 atom stereocenters. The van der Waals surface area contributed by atoms with Crippen molar-refractivity contribution in [3.63, 3.8) is 0 Å². The first-order valence-electron chi connectivity index (χ1n) is 7.20. The molecule has 0 bridgehead atoms. The summed E-state index contributed by atoms with van der Waals surface area (Å²) in [6.07, 6.45) is 1.09. The summed E-state index contributed by atoms with van der Waals surface area (Å²) in [5.74, 6) is 0. The third-order valence-corrected chi connectivity index (χ3v) is 6.70. The molecule has 1 aromatic carbocycles. The van der Waals surface area contributed by atoms with Crippen LogP contribution in [0.15, 0.2) is 30.3 Å².